The number of rotatable bonds is 1. The normalized spacial score (nSPS) is 27.5. The molecule has 0 spiro atoms. The van der Waals surface area contributed by atoms with Crippen LogP contribution >= 0.6 is 11.3 Å². The van der Waals surface area contributed by atoms with Crippen LogP contribution in [0.2, 0.25) is 0 Å². The third-order valence-electron chi connectivity index (χ3n) is 6.16. The summed E-state index contributed by atoms with van der Waals surface area (Å²) < 4.78 is 0. The minimum absolute atomic E-state index is 0.0807. The Balaban J connectivity index is 1.59. The van der Waals surface area contributed by atoms with Gasteiger partial charge in [0.2, 0.25) is 16.9 Å². The number of aryl methyl sites for hydroxylation is 1. The van der Waals surface area contributed by atoms with Crippen LogP contribution < -0.4 is 4.90 Å². The number of aromatic nitrogens is 2. The van der Waals surface area contributed by atoms with E-state index >= 15 is 0 Å². The van der Waals surface area contributed by atoms with E-state index in [9.17, 15) is 9.59 Å². The van der Waals surface area contributed by atoms with Gasteiger partial charge in [-0.1, -0.05) is 59.9 Å². The van der Waals surface area contributed by atoms with Crippen molar-refractivity contribution in [2.24, 2.45) is 11.8 Å². The molecular weight excluding hydrogens is 358 g/mol. The van der Waals surface area contributed by atoms with Crippen molar-refractivity contribution in [2.75, 3.05) is 4.90 Å². The first-order chi connectivity index (χ1) is 13.2. The van der Waals surface area contributed by atoms with E-state index in [2.05, 4.69) is 34.5 Å². The summed E-state index contributed by atoms with van der Waals surface area (Å²) in [5.74, 6) is -1.17. The van der Waals surface area contributed by atoms with Gasteiger partial charge in [-0.3, -0.25) is 9.59 Å². The molecule has 1 aromatic heterocycles. The summed E-state index contributed by atoms with van der Waals surface area (Å²) in [5.41, 5.74) is 4.72. The number of hydrogen-bond acceptors (Lipinski definition) is 5. The molecule has 5 nitrogen and oxygen atoms in total. The number of nitrogens with zero attached hydrogens (tertiary/aromatic N) is 3. The Hall–Kier alpha value is -2.86. The van der Waals surface area contributed by atoms with Crippen molar-refractivity contribution in [3.63, 3.8) is 0 Å². The third kappa shape index (κ3) is 1.78. The van der Waals surface area contributed by atoms with Gasteiger partial charge in [-0.15, -0.1) is 10.2 Å². The van der Waals surface area contributed by atoms with E-state index in [-0.39, 0.29) is 35.5 Å². The summed E-state index contributed by atoms with van der Waals surface area (Å²) in [6, 6.07) is 16.5. The van der Waals surface area contributed by atoms with Gasteiger partial charge in [0.05, 0.1) is 11.8 Å². The SMILES string of the molecule is Cc1nnc(N2C(=O)[C@H]3C4c5ccccc5C(c5ccccc54)[C@@H]3C2=O)s1. The highest BCUT2D eigenvalue weighted by atomic mass is 32.1. The average Bonchev–Trinajstić information content (AvgIpc) is 3.23. The highest BCUT2D eigenvalue weighted by Crippen LogP contribution is 2.61. The Morgan fingerprint density at radius 1 is 0.778 bits per heavy atom. The van der Waals surface area contributed by atoms with Crippen LogP contribution in [0.25, 0.3) is 0 Å². The van der Waals surface area contributed by atoms with Crippen LogP contribution in [0, 0.1) is 18.8 Å². The van der Waals surface area contributed by atoms with Crippen molar-refractivity contribution in [1.29, 1.82) is 0 Å². The zero-order valence-electron chi connectivity index (χ0n) is 14.5. The van der Waals surface area contributed by atoms with Crippen LogP contribution in [0.1, 0.15) is 39.1 Å². The number of carbonyl (C=O) groups is 2. The van der Waals surface area contributed by atoms with Gasteiger partial charge in [-0.2, -0.15) is 0 Å². The van der Waals surface area contributed by atoms with E-state index < -0.39 is 0 Å². The number of imide groups is 1. The maximum Gasteiger partial charge on any atom is 0.240 e. The highest BCUT2D eigenvalue weighted by Gasteiger charge is 2.62. The van der Waals surface area contributed by atoms with Crippen molar-refractivity contribution in [3.05, 3.63) is 75.8 Å². The molecule has 2 amide bonds. The molecule has 0 N–H and O–H groups in total. The minimum atomic E-state index is -0.364. The van der Waals surface area contributed by atoms with Crippen molar-refractivity contribution in [1.82, 2.24) is 10.2 Å². The molecule has 6 heteroatoms. The quantitative estimate of drug-likeness (QED) is 0.615. The van der Waals surface area contributed by atoms with Crippen LogP contribution in [0.15, 0.2) is 48.5 Å². The molecule has 2 bridgehead atoms. The third-order valence-corrected chi connectivity index (χ3v) is 6.98. The van der Waals surface area contributed by atoms with Crippen molar-refractivity contribution < 1.29 is 9.59 Å². The Labute approximate surface area is 159 Å². The summed E-state index contributed by atoms with van der Waals surface area (Å²) in [5, 5.41) is 9.22. The standard InChI is InChI=1S/C21H15N3O2S/c1-10-22-23-21(27-10)24-19(25)17-15-11-6-2-3-7-12(11)16(18(17)20(24)26)14-9-5-4-8-13(14)15/h2-9,15-18H,1H3/t15?,16?,17-,18-/m0/s1. The zero-order chi connectivity index (χ0) is 18.3. The Bertz CT molecular complexity index is 1020. The average molecular weight is 373 g/mol. The molecule has 3 aliphatic carbocycles. The second kappa shape index (κ2) is 5.10. The lowest BCUT2D eigenvalue weighted by Gasteiger charge is -2.45. The molecule has 27 heavy (non-hydrogen) atoms. The summed E-state index contributed by atoms with van der Waals surface area (Å²) >= 11 is 1.29. The van der Waals surface area contributed by atoms with Crippen molar-refractivity contribution >= 4 is 28.3 Å². The number of anilines is 1. The lowest BCUT2D eigenvalue weighted by molar-refractivity contribution is -0.122. The van der Waals surface area contributed by atoms with Crippen molar-refractivity contribution in [2.45, 2.75) is 18.8 Å². The second-order valence-electron chi connectivity index (χ2n) is 7.38. The molecule has 4 aliphatic rings. The first-order valence-electron chi connectivity index (χ1n) is 9.02. The lowest BCUT2D eigenvalue weighted by atomic mass is 9.55. The lowest BCUT2D eigenvalue weighted by Crippen LogP contribution is -2.41. The van der Waals surface area contributed by atoms with E-state index in [1.807, 2.05) is 31.2 Å². The molecule has 0 unspecified atom stereocenters. The first kappa shape index (κ1) is 15.2. The fourth-order valence-corrected chi connectivity index (χ4v) is 5.94. The predicted octanol–water partition coefficient (Wildman–Crippen LogP) is 3.24. The van der Waals surface area contributed by atoms with Gasteiger partial charge in [-0.25, -0.2) is 4.90 Å². The molecule has 7 rings (SSSR count). The smallest absolute Gasteiger partial charge is 0.240 e. The second-order valence-corrected chi connectivity index (χ2v) is 8.54. The predicted molar refractivity (Wildman–Crippen MR) is 101 cm³/mol. The number of benzene rings is 2. The van der Waals surface area contributed by atoms with Crippen LogP contribution in [-0.4, -0.2) is 22.0 Å². The summed E-state index contributed by atoms with van der Waals surface area (Å²) in [6.07, 6.45) is 0. The number of amides is 2. The summed E-state index contributed by atoms with van der Waals surface area (Å²) in [6.45, 7) is 1.83. The molecule has 132 valence electrons. The van der Waals surface area contributed by atoms with Crippen LogP contribution in [-0.2, 0) is 9.59 Å². The molecule has 2 aromatic carbocycles. The molecule has 1 fully saturated rings. The minimum Gasteiger partial charge on any atom is -0.274 e. The molecule has 1 aliphatic heterocycles. The largest absolute Gasteiger partial charge is 0.274 e. The van der Waals surface area contributed by atoms with Gasteiger partial charge in [-0.05, 0) is 29.2 Å². The van der Waals surface area contributed by atoms with Crippen LogP contribution in [0.4, 0.5) is 5.13 Å². The molecule has 2 atom stereocenters. The van der Waals surface area contributed by atoms with Crippen LogP contribution in [0.3, 0.4) is 0 Å². The monoisotopic (exact) mass is 373 g/mol. The van der Waals surface area contributed by atoms with E-state index in [0.717, 1.165) is 5.01 Å². The van der Waals surface area contributed by atoms with E-state index in [1.165, 1.54) is 38.5 Å². The first-order valence-corrected chi connectivity index (χ1v) is 9.84. The van der Waals surface area contributed by atoms with Gasteiger partial charge >= 0.3 is 0 Å². The molecule has 2 heterocycles. The van der Waals surface area contributed by atoms with Gasteiger partial charge in [0.15, 0.2) is 0 Å². The fraction of sp³-hybridized carbons (Fsp3) is 0.238. The maximum atomic E-state index is 13.4. The summed E-state index contributed by atoms with van der Waals surface area (Å²) in [4.78, 5) is 28.1. The van der Waals surface area contributed by atoms with E-state index in [0.29, 0.717) is 5.13 Å². The zero-order valence-corrected chi connectivity index (χ0v) is 15.3. The molecule has 0 radical (unpaired) electrons. The molecular formula is C21H15N3O2S. The van der Waals surface area contributed by atoms with Gasteiger partial charge in [0, 0.05) is 11.8 Å². The Morgan fingerprint density at radius 3 is 1.59 bits per heavy atom. The molecule has 0 saturated carbocycles. The number of carbonyl (C=O) groups excluding carboxylic acids is 2. The maximum absolute atomic E-state index is 13.4. The highest BCUT2D eigenvalue weighted by molar-refractivity contribution is 7.15. The van der Waals surface area contributed by atoms with Gasteiger partial charge < -0.3 is 0 Å². The van der Waals surface area contributed by atoms with Crippen LogP contribution in [0.5, 0.6) is 0 Å². The topological polar surface area (TPSA) is 63.2 Å². The van der Waals surface area contributed by atoms with E-state index in [1.54, 1.807) is 0 Å². The van der Waals surface area contributed by atoms with Gasteiger partial charge in [0.25, 0.3) is 0 Å². The fourth-order valence-electron chi connectivity index (χ4n) is 5.24. The Morgan fingerprint density at radius 2 is 1.22 bits per heavy atom. The molecule has 1 saturated heterocycles. The summed E-state index contributed by atoms with van der Waals surface area (Å²) in [7, 11) is 0. The van der Waals surface area contributed by atoms with E-state index in [4.69, 9.17) is 0 Å². The van der Waals surface area contributed by atoms with Gasteiger partial charge in [0.1, 0.15) is 5.01 Å². The van der Waals surface area contributed by atoms with Crippen molar-refractivity contribution in [3.8, 4) is 0 Å². The Kier molecular flexibility index (Phi) is 2.88. The number of hydrogen-bond donors (Lipinski definition) is 0. The molecule has 3 aromatic rings.